The molecule has 1 aliphatic rings. The predicted molar refractivity (Wildman–Crippen MR) is 96.2 cm³/mol. The lowest BCUT2D eigenvalue weighted by Crippen LogP contribution is -2.21. The maximum absolute atomic E-state index is 12.1. The molecule has 0 heterocycles. The van der Waals surface area contributed by atoms with Gasteiger partial charge in [0.1, 0.15) is 11.6 Å². The van der Waals surface area contributed by atoms with Crippen LogP contribution in [-0.2, 0) is 14.4 Å². The first-order valence-corrected chi connectivity index (χ1v) is 9.55. The van der Waals surface area contributed by atoms with E-state index in [-0.39, 0.29) is 36.2 Å². The van der Waals surface area contributed by atoms with Crippen LogP contribution in [0, 0.1) is 11.8 Å². The van der Waals surface area contributed by atoms with Crippen molar-refractivity contribution in [3.63, 3.8) is 0 Å². The van der Waals surface area contributed by atoms with Crippen LogP contribution in [0.3, 0.4) is 0 Å². The van der Waals surface area contributed by atoms with Crippen LogP contribution in [0.2, 0.25) is 0 Å². The number of hydrogen-bond acceptors (Lipinski definition) is 4. The highest BCUT2D eigenvalue weighted by Gasteiger charge is 2.40. The van der Waals surface area contributed by atoms with Gasteiger partial charge in [-0.05, 0) is 38.0 Å². The fraction of sp³-hybridized carbons (Fsp3) is 0.750. The number of carboxylic acids is 1. The van der Waals surface area contributed by atoms with Gasteiger partial charge in [-0.2, -0.15) is 0 Å². The summed E-state index contributed by atoms with van der Waals surface area (Å²) in [5.41, 5.74) is 0. The number of Topliss-reactive ketones (excluding diaryl/α,β-unsaturated/α-hetero) is 2. The second kappa shape index (κ2) is 12.0. The second-order valence-electron chi connectivity index (χ2n) is 7.04. The van der Waals surface area contributed by atoms with Crippen LogP contribution in [0.15, 0.2) is 12.2 Å². The third-order valence-electron chi connectivity index (χ3n) is 4.96. The molecule has 0 aromatic heterocycles. The number of aliphatic hydroxyl groups is 1. The molecule has 0 aromatic rings. The fourth-order valence-corrected chi connectivity index (χ4v) is 3.47. The molecule has 0 spiro atoms. The SMILES string of the molecule is CCCCCC(=O)CCC1C(=O)CC(O)C1C/C=C\CCCC(=O)O. The maximum atomic E-state index is 12.1. The number of allylic oxidation sites excluding steroid dienone is 2. The van der Waals surface area contributed by atoms with Gasteiger partial charge in [0.15, 0.2) is 0 Å². The molecule has 3 unspecified atom stereocenters. The third-order valence-corrected chi connectivity index (χ3v) is 4.96. The van der Waals surface area contributed by atoms with E-state index in [2.05, 4.69) is 6.92 Å². The van der Waals surface area contributed by atoms with E-state index in [1.54, 1.807) is 0 Å². The summed E-state index contributed by atoms with van der Waals surface area (Å²) in [7, 11) is 0. The lowest BCUT2D eigenvalue weighted by atomic mass is 9.86. The molecule has 25 heavy (non-hydrogen) atoms. The number of hydrogen-bond donors (Lipinski definition) is 2. The zero-order chi connectivity index (χ0) is 18.7. The van der Waals surface area contributed by atoms with Crippen LogP contribution < -0.4 is 0 Å². The van der Waals surface area contributed by atoms with Crippen molar-refractivity contribution in [3.05, 3.63) is 12.2 Å². The number of ketones is 2. The van der Waals surface area contributed by atoms with Gasteiger partial charge in [0.05, 0.1) is 6.10 Å². The average Bonchev–Trinajstić information content (AvgIpc) is 2.82. The minimum atomic E-state index is -0.797. The summed E-state index contributed by atoms with van der Waals surface area (Å²) in [6.07, 6.45) is 10.1. The van der Waals surface area contributed by atoms with E-state index < -0.39 is 12.1 Å². The van der Waals surface area contributed by atoms with Gasteiger partial charge in [-0.3, -0.25) is 14.4 Å². The van der Waals surface area contributed by atoms with Crippen molar-refractivity contribution in [1.29, 1.82) is 0 Å². The Labute approximate surface area is 150 Å². The molecule has 0 aliphatic heterocycles. The molecule has 2 N–H and O–H groups in total. The van der Waals surface area contributed by atoms with Gasteiger partial charge in [-0.15, -0.1) is 0 Å². The topological polar surface area (TPSA) is 91.7 Å². The maximum Gasteiger partial charge on any atom is 0.303 e. The van der Waals surface area contributed by atoms with Crippen molar-refractivity contribution in [2.45, 2.75) is 83.7 Å². The van der Waals surface area contributed by atoms with E-state index in [9.17, 15) is 19.5 Å². The van der Waals surface area contributed by atoms with Gasteiger partial charge in [0, 0.05) is 31.6 Å². The number of aliphatic hydroxyl groups excluding tert-OH is 1. The minimum absolute atomic E-state index is 0.0677. The second-order valence-corrected chi connectivity index (χ2v) is 7.04. The minimum Gasteiger partial charge on any atom is -0.481 e. The van der Waals surface area contributed by atoms with Crippen molar-refractivity contribution in [1.82, 2.24) is 0 Å². The Bertz CT molecular complexity index is 469. The van der Waals surface area contributed by atoms with E-state index >= 15 is 0 Å². The van der Waals surface area contributed by atoms with Crippen LogP contribution in [0.1, 0.15) is 77.6 Å². The number of rotatable bonds is 13. The highest BCUT2D eigenvalue weighted by atomic mass is 16.4. The van der Waals surface area contributed by atoms with Crippen molar-refractivity contribution >= 4 is 17.5 Å². The van der Waals surface area contributed by atoms with Crippen LogP contribution in [0.25, 0.3) is 0 Å². The Morgan fingerprint density at radius 3 is 2.56 bits per heavy atom. The molecular weight excluding hydrogens is 320 g/mol. The first kappa shape index (κ1) is 21.6. The van der Waals surface area contributed by atoms with Gasteiger partial charge in [0.2, 0.25) is 0 Å². The summed E-state index contributed by atoms with van der Waals surface area (Å²) >= 11 is 0. The Kier molecular flexibility index (Phi) is 10.3. The highest BCUT2D eigenvalue weighted by Crippen LogP contribution is 2.35. The van der Waals surface area contributed by atoms with Gasteiger partial charge in [-0.25, -0.2) is 0 Å². The van der Waals surface area contributed by atoms with Crippen LogP contribution in [0.5, 0.6) is 0 Å². The summed E-state index contributed by atoms with van der Waals surface area (Å²) < 4.78 is 0. The van der Waals surface area contributed by atoms with E-state index in [1.165, 1.54) is 0 Å². The average molecular weight is 352 g/mol. The predicted octanol–water partition coefficient (Wildman–Crippen LogP) is 3.68. The molecule has 1 rings (SSSR count). The van der Waals surface area contributed by atoms with Crippen LogP contribution in [-0.4, -0.2) is 33.9 Å². The Hall–Kier alpha value is -1.49. The van der Waals surface area contributed by atoms with Crippen molar-refractivity contribution in [3.8, 4) is 0 Å². The molecule has 0 radical (unpaired) electrons. The molecule has 0 amide bonds. The first-order chi connectivity index (χ1) is 12.0. The van der Waals surface area contributed by atoms with Crippen molar-refractivity contribution in [2.75, 3.05) is 0 Å². The summed E-state index contributed by atoms with van der Waals surface area (Å²) in [5, 5.41) is 18.7. The van der Waals surface area contributed by atoms with Gasteiger partial charge in [0.25, 0.3) is 0 Å². The molecule has 0 saturated heterocycles. The van der Waals surface area contributed by atoms with Crippen molar-refractivity contribution in [2.24, 2.45) is 11.8 Å². The molecule has 0 bridgehead atoms. The van der Waals surface area contributed by atoms with Crippen LogP contribution >= 0.6 is 0 Å². The van der Waals surface area contributed by atoms with Gasteiger partial charge in [-0.1, -0.05) is 31.9 Å². The molecule has 1 saturated carbocycles. The summed E-state index contributed by atoms with van der Waals surface area (Å²) in [6, 6.07) is 0. The molecular formula is C20H32O5. The Balaban J connectivity index is 2.39. The standard InChI is InChI=1S/C20H32O5/c1-2-3-6-9-15(21)12-13-17-16(18(22)14-19(17)23)10-7-4-5-8-11-20(24)25/h4,7,16-18,22H,2-3,5-6,8-14H2,1H3,(H,24,25)/b7-4-. The molecule has 1 aliphatic carbocycles. The van der Waals surface area contributed by atoms with E-state index in [1.807, 2.05) is 12.2 Å². The lowest BCUT2D eigenvalue weighted by Gasteiger charge is -2.19. The normalized spacial score (nSPS) is 23.4. The monoisotopic (exact) mass is 352 g/mol. The molecule has 0 aromatic carbocycles. The fourth-order valence-electron chi connectivity index (χ4n) is 3.47. The van der Waals surface area contributed by atoms with Gasteiger partial charge < -0.3 is 10.2 Å². The molecule has 1 fully saturated rings. The molecule has 5 heteroatoms. The van der Waals surface area contributed by atoms with Crippen molar-refractivity contribution < 1.29 is 24.6 Å². The zero-order valence-corrected chi connectivity index (χ0v) is 15.3. The van der Waals surface area contributed by atoms with E-state index in [0.29, 0.717) is 38.5 Å². The number of carboxylic acid groups (broad SMARTS) is 1. The number of carbonyl (C=O) groups is 3. The molecule has 142 valence electrons. The van der Waals surface area contributed by atoms with E-state index in [4.69, 9.17) is 5.11 Å². The summed E-state index contributed by atoms with van der Waals surface area (Å²) in [6.45, 7) is 2.10. The lowest BCUT2D eigenvalue weighted by molar-refractivity contribution is -0.137. The number of carbonyl (C=O) groups excluding carboxylic acids is 2. The number of aliphatic carboxylic acids is 1. The van der Waals surface area contributed by atoms with E-state index in [0.717, 1.165) is 19.3 Å². The largest absolute Gasteiger partial charge is 0.481 e. The van der Waals surface area contributed by atoms with Gasteiger partial charge >= 0.3 is 5.97 Å². The summed E-state index contributed by atoms with van der Waals surface area (Å²) in [5.74, 6) is -0.863. The third kappa shape index (κ3) is 8.43. The first-order valence-electron chi connectivity index (χ1n) is 9.55. The summed E-state index contributed by atoms with van der Waals surface area (Å²) in [4.78, 5) is 34.5. The Morgan fingerprint density at radius 2 is 1.88 bits per heavy atom. The zero-order valence-electron chi connectivity index (χ0n) is 15.3. The number of unbranched alkanes of at least 4 members (excludes halogenated alkanes) is 3. The highest BCUT2D eigenvalue weighted by molar-refractivity contribution is 5.85. The molecule has 3 atom stereocenters. The van der Waals surface area contributed by atoms with Crippen LogP contribution in [0.4, 0.5) is 0 Å². The quantitative estimate of drug-likeness (QED) is 0.390. The molecule has 5 nitrogen and oxygen atoms in total. The smallest absolute Gasteiger partial charge is 0.303 e. The Morgan fingerprint density at radius 1 is 1.12 bits per heavy atom.